The van der Waals surface area contributed by atoms with Crippen LogP contribution < -0.4 is 14.4 Å². The summed E-state index contributed by atoms with van der Waals surface area (Å²) in [6.45, 7) is 1.72. The molecule has 7 nitrogen and oxygen atoms in total. The van der Waals surface area contributed by atoms with Crippen LogP contribution in [0, 0.1) is 0 Å². The van der Waals surface area contributed by atoms with Crippen LogP contribution in [0.25, 0.3) is 6.08 Å². The number of imide groups is 1. The van der Waals surface area contributed by atoms with E-state index < -0.39 is 11.9 Å². The first kappa shape index (κ1) is 21.9. The van der Waals surface area contributed by atoms with Gasteiger partial charge >= 0.3 is 5.97 Å². The van der Waals surface area contributed by atoms with Crippen LogP contribution in [0.5, 0.6) is 11.5 Å². The van der Waals surface area contributed by atoms with Crippen LogP contribution in [0.2, 0.25) is 0 Å². The highest BCUT2D eigenvalue weighted by Gasteiger charge is 2.36. The summed E-state index contributed by atoms with van der Waals surface area (Å²) in [5.74, 6) is -0.179. The van der Waals surface area contributed by atoms with Crippen LogP contribution in [0.4, 0.5) is 10.5 Å². The zero-order valence-electron chi connectivity index (χ0n) is 16.2. The van der Waals surface area contributed by atoms with Crippen molar-refractivity contribution in [3.05, 3.63) is 57.4 Å². The molecule has 2 aromatic carbocycles. The molecular weight excluding hydrogens is 474 g/mol. The number of esters is 1. The van der Waals surface area contributed by atoms with Crippen LogP contribution in [0.15, 0.2) is 51.8 Å². The van der Waals surface area contributed by atoms with E-state index in [1.165, 1.54) is 7.11 Å². The normalized spacial score (nSPS) is 14.9. The Morgan fingerprint density at radius 2 is 1.90 bits per heavy atom. The monoisotopic (exact) mass is 491 g/mol. The topological polar surface area (TPSA) is 82.1 Å². The number of carbonyl (C=O) groups is 3. The first-order chi connectivity index (χ1) is 14.4. The Labute approximate surface area is 186 Å². The maximum Gasteiger partial charge on any atom is 0.344 e. The summed E-state index contributed by atoms with van der Waals surface area (Å²) in [4.78, 5) is 38.1. The molecule has 0 aromatic heterocycles. The molecule has 9 heteroatoms. The average molecular weight is 492 g/mol. The summed E-state index contributed by atoms with van der Waals surface area (Å²) in [5.41, 5.74) is 1.14. The molecule has 0 atom stereocenters. The van der Waals surface area contributed by atoms with Gasteiger partial charge in [-0.15, -0.1) is 0 Å². The van der Waals surface area contributed by atoms with Crippen LogP contribution in [0.1, 0.15) is 12.5 Å². The van der Waals surface area contributed by atoms with Gasteiger partial charge in [-0.05, 0) is 54.6 Å². The largest absolute Gasteiger partial charge is 0.493 e. The number of ether oxygens (including phenoxy) is 3. The molecule has 0 N–H and O–H groups in total. The molecule has 0 spiro atoms. The quantitative estimate of drug-likeness (QED) is 0.412. The number of nitrogens with zero attached hydrogens (tertiary/aromatic N) is 1. The Kier molecular flexibility index (Phi) is 7.17. The van der Waals surface area contributed by atoms with Crippen LogP contribution in [-0.4, -0.2) is 37.4 Å². The molecular formula is C21H18BrNO6S. The standard InChI is InChI=1S/C21H18BrNO6S/c1-3-28-19(24)12-29-17-11-15(22)13(9-16(17)27-2)10-18-20(25)23(21(26)30-18)14-7-5-4-6-8-14/h4-11H,3,12H2,1-2H3/b18-10-. The third-order valence-electron chi connectivity index (χ3n) is 4.03. The lowest BCUT2D eigenvalue weighted by atomic mass is 10.1. The molecule has 1 saturated heterocycles. The number of hydrogen-bond donors (Lipinski definition) is 0. The maximum atomic E-state index is 12.8. The fourth-order valence-corrected chi connectivity index (χ4v) is 3.95. The summed E-state index contributed by atoms with van der Waals surface area (Å²) in [6, 6.07) is 12.0. The molecule has 1 aliphatic rings. The van der Waals surface area contributed by atoms with Crippen molar-refractivity contribution in [3.8, 4) is 11.5 Å². The molecule has 0 saturated carbocycles. The van der Waals surface area contributed by atoms with Crippen molar-refractivity contribution < 1.29 is 28.6 Å². The number of anilines is 1. The van der Waals surface area contributed by atoms with Gasteiger partial charge in [0.1, 0.15) is 0 Å². The van der Waals surface area contributed by atoms with Gasteiger partial charge in [-0.3, -0.25) is 9.59 Å². The number of carbonyl (C=O) groups excluding carboxylic acids is 3. The highest BCUT2D eigenvalue weighted by Crippen LogP contribution is 2.39. The zero-order valence-corrected chi connectivity index (χ0v) is 18.6. The molecule has 156 valence electrons. The van der Waals surface area contributed by atoms with Crippen molar-refractivity contribution in [3.63, 3.8) is 0 Å². The number of halogens is 1. The highest BCUT2D eigenvalue weighted by atomic mass is 79.9. The van der Waals surface area contributed by atoms with Gasteiger partial charge in [-0.25, -0.2) is 9.69 Å². The van der Waals surface area contributed by atoms with E-state index in [0.29, 0.717) is 27.2 Å². The van der Waals surface area contributed by atoms with E-state index in [9.17, 15) is 14.4 Å². The lowest BCUT2D eigenvalue weighted by molar-refractivity contribution is -0.145. The number of rotatable bonds is 7. The Morgan fingerprint density at radius 3 is 2.57 bits per heavy atom. The van der Waals surface area contributed by atoms with E-state index in [0.717, 1.165) is 16.7 Å². The molecule has 1 fully saturated rings. The van der Waals surface area contributed by atoms with Crippen molar-refractivity contribution in [1.82, 2.24) is 0 Å². The molecule has 0 unspecified atom stereocenters. The van der Waals surface area contributed by atoms with E-state index in [1.54, 1.807) is 49.4 Å². The van der Waals surface area contributed by atoms with Gasteiger partial charge in [-0.1, -0.05) is 34.1 Å². The Morgan fingerprint density at radius 1 is 1.17 bits per heavy atom. The number of thioether (sulfide) groups is 1. The minimum absolute atomic E-state index is 0.258. The molecule has 3 rings (SSSR count). The molecule has 30 heavy (non-hydrogen) atoms. The predicted molar refractivity (Wildman–Crippen MR) is 118 cm³/mol. The van der Waals surface area contributed by atoms with Crippen LogP contribution >= 0.6 is 27.7 Å². The summed E-state index contributed by atoms with van der Waals surface area (Å²) in [6.07, 6.45) is 1.61. The van der Waals surface area contributed by atoms with Gasteiger partial charge in [0.05, 0.1) is 24.3 Å². The van der Waals surface area contributed by atoms with Gasteiger partial charge < -0.3 is 14.2 Å². The third kappa shape index (κ3) is 4.85. The lowest BCUT2D eigenvalue weighted by Crippen LogP contribution is -2.27. The maximum absolute atomic E-state index is 12.8. The first-order valence-electron chi connectivity index (χ1n) is 8.93. The van der Waals surface area contributed by atoms with Gasteiger partial charge in [0.2, 0.25) is 0 Å². The first-order valence-corrected chi connectivity index (χ1v) is 10.5. The lowest BCUT2D eigenvalue weighted by Gasteiger charge is -2.13. The van der Waals surface area contributed by atoms with E-state index in [1.807, 2.05) is 6.07 Å². The second-order valence-corrected chi connectivity index (χ2v) is 7.82. The summed E-state index contributed by atoms with van der Waals surface area (Å²) in [7, 11) is 1.47. The Balaban J connectivity index is 1.85. The smallest absolute Gasteiger partial charge is 0.344 e. The fraction of sp³-hybridized carbons (Fsp3) is 0.190. The van der Waals surface area contributed by atoms with Crippen LogP contribution in [-0.2, 0) is 14.3 Å². The summed E-state index contributed by atoms with van der Waals surface area (Å²) in [5, 5.41) is -0.366. The molecule has 1 heterocycles. The molecule has 0 bridgehead atoms. The van der Waals surface area contributed by atoms with Crippen molar-refractivity contribution in [2.24, 2.45) is 0 Å². The van der Waals surface area contributed by atoms with Crippen LogP contribution in [0.3, 0.4) is 0 Å². The number of methoxy groups -OCH3 is 1. The van der Waals surface area contributed by atoms with Gasteiger partial charge in [0.25, 0.3) is 11.1 Å². The molecule has 0 radical (unpaired) electrons. The van der Waals surface area contributed by atoms with E-state index in [2.05, 4.69) is 15.9 Å². The highest BCUT2D eigenvalue weighted by molar-refractivity contribution is 9.10. The van der Waals surface area contributed by atoms with E-state index in [-0.39, 0.29) is 23.4 Å². The van der Waals surface area contributed by atoms with Crippen molar-refractivity contribution in [1.29, 1.82) is 0 Å². The van der Waals surface area contributed by atoms with Crippen molar-refractivity contribution in [2.45, 2.75) is 6.92 Å². The summed E-state index contributed by atoms with van der Waals surface area (Å²) < 4.78 is 16.3. The minimum Gasteiger partial charge on any atom is -0.493 e. The number of benzene rings is 2. The predicted octanol–water partition coefficient (Wildman–Crippen LogP) is 4.64. The summed E-state index contributed by atoms with van der Waals surface area (Å²) >= 11 is 4.30. The van der Waals surface area contributed by atoms with Gasteiger partial charge in [0, 0.05) is 4.47 Å². The average Bonchev–Trinajstić information content (AvgIpc) is 3.01. The molecule has 2 aromatic rings. The Hall–Kier alpha value is -2.78. The molecule has 2 amide bonds. The number of para-hydroxylation sites is 1. The van der Waals surface area contributed by atoms with Crippen molar-refractivity contribution >= 4 is 56.6 Å². The minimum atomic E-state index is -0.491. The third-order valence-corrected chi connectivity index (χ3v) is 5.58. The van der Waals surface area contributed by atoms with Gasteiger partial charge in [0.15, 0.2) is 18.1 Å². The molecule has 0 aliphatic carbocycles. The van der Waals surface area contributed by atoms with Gasteiger partial charge in [-0.2, -0.15) is 0 Å². The molecule has 1 aliphatic heterocycles. The second kappa shape index (κ2) is 9.82. The SMILES string of the molecule is CCOC(=O)COc1cc(Br)c(/C=C2\SC(=O)N(c3ccccc3)C2=O)cc1OC. The van der Waals surface area contributed by atoms with E-state index >= 15 is 0 Å². The zero-order chi connectivity index (χ0) is 21.7. The fourth-order valence-electron chi connectivity index (χ4n) is 2.68. The Bertz CT molecular complexity index is 1010. The number of hydrogen-bond acceptors (Lipinski definition) is 7. The second-order valence-electron chi connectivity index (χ2n) is 5.97. The van der Waals surface area contributed by atoms with Crippen molar-refractivity contribution in [2.75, 3.05) is 25.2 Å². The van der Waals surface area contributed by atoms with E-state index in [4.69, 9.17) is 14.2 Å². The number of amides is 2.